The second-order valence-corrected chi connectivity index (χ2v) is 6.87. The minimum absolute atomic E-state index is 0.272. The molecule has 27 heavy (non-hydrogen) atoms. The quantitative estimate of drug-likeness (QED) is 0.0844. The number of aldehydes is 1. The van der Waals surface area contributed by atoms with E-state index in [0.29, 0.717) is 12.8 Å². The van der Waals surface area contributed by atoms with Crippen LogP contribution >= 0.6 is 0 Å². The fraction of sp³-hybridized carbons (Fsp3) is 0.682. The minimum Gasteiger partial charge on any atom is -0.386 e. The summed E-state index contributed by atoms with van der Waals surface area (Å²) in [5, 5.41) is 21.1. The Hall–Kier alpha value is -1.75. The first-order valence-corrected chi connectivity index (χ1v) is 10.3. The Morgan fingerprint density at radius 1 is 0.926 bits per heavy atom. The molecule has 0 aromatic heterocycles. The van der Waals surface area contributed by atoms with Crippen molar-refractivity contribution in [1.82, 2.24) is 0 Å². The van der Waals surface area contributed by atoms with Crippen LogP contribution in [0, 0.1) is 10.1 Å². The molecule has 0 aromatic carbocycles. The molecule has 0 heterocycles. The van der Waals surface area contributed by atoms with E-state index in [0.717, 1.165) is 64.1 Å². The summed E-state index contributed by atoms with van der Waals surface area (Å²) in [6, 6.07) is -0.909. The monoisotopic (exact) mass is 379 g/mol. The second kappa shape index (κ2) is 19.0. The molecule has 1 N–H and O–H groups in total. The molecule has 0 amide bonds. The molecule has 0 fully saturated rings. The number of unbranched alkanes of at least 4 members (excludes halogenated alkanes) is 7. The highest BCUT2D eigenvalue weighted by molar-refractivity contribution is 5.48. The lowest BCUT2D eigenvalue weighted by molar-refractivity contribution is -0.533. The van der Waals surface area contributed by atoms with Crippen molar-refractivity contribution >= 4 is 6.29 Å². The van der Waals surface area contributed by atoms with Gasteiger partial charge in [-0.2, -0.15) is 0 Å². The van der Waals surface area contributed by atoms with Gasteiger partial charge in [-0.3, -0.25) is 10.1 Å². The largest absolute Gasteiger partial charge is 0.386 e. The van der Waals surface area contributed by atoms with E-state index in [1.807, 2.05) is 24.3 Å². The predicted molar refractivity (Wildman–Crippen MR) is 111 cm³/mol. The summed E-state index contributed by atoms with van der Waals surface area (Å²) in [4.78, 5) is 20.9. The van der Waals surface area contributed by atoms with E-state index in [-0.39, 0.29) is 11.3 Å². The lowest BCUT2D eigenvalue weighted by atomic mass is 10.0. The summed E-state index contributed by atoms with van der Waals surface area (Å²) in [5.41, 5.74) is 0. The lowest BCUT2D eigenvalue weighted by Gasteiger charge is -2.14. The SMILES string of the molecule is CCCCCC(O)C(C/C=C\C/C=C\C=C/CCCCCCC=O)[N+](=O)[O-]. The standard InChI is InChI=1S/C22H37NO4/c1-2-3-15-19-22(25)21(23(26)27)18-16-13-11-9-7-5-4-6-8-10-12-14-17-20-24/h4-5,7,9,13,16,20-22,25H,2-3,6,8,10-12,14-15,17-19H2,1H3/b5-4-,9-7-,16-13-. The number of rotatable bonds is 18. The zero-order chi connectivity index (χ0) is 20.2. The third kappa shape index (κ3) is 16.2. The van der Waals surface area contributed by atoms with E-state index >= 15 is 0 Å². The normalized spacial score (nSPS) is 14.3. The van der Waals surface area contributed by atoms with Crippen LogP contribution in [0.2, 0.25) is 0 Å². The van der Waals surface area contributed by atoms with Gasteiger partial charge in [-0.05, 0) is 32.1 Å². The molecule has 154 valence electrons. The Bertz CT molecular complexity index is 457. The second-order valence-electron chi connectivity index (χ2n) is 6.87. The van der Waals surface area contributed by atoms with Gasteiger partial charge < -0.3 is 9.90 Å². The maximum absolute atomic E-state index is 11.1. The molecule has 0 saturated heterocycles. The lowest BCUT2D eigenvalue weighted by Crippen LogP contribution is -2.33. The summed E-state index contributed by atoms with van der Waals surface area (Å²) < 4.78 is 0. The smallest absolute Gasteiger partial charge is 0.241 e. The fourth-order valence-electron chi connectivity index (χ4n) is 2.77. The van der Waals surface area contributed by atoms with Gasteiger partial charge in [-0.1, -0.05) is 75.5 Å². The Kier molecular flexibility index (Phi) is 17.8. The Morgan fingerprint density at radius 2 is 1.63 bits per heavy atom. The van der Waals surface area contributed by atoms with Crippen LogP contribution in [0.15, 0.2) is 36.5 Å². The highest BCUT2D eigenvalue weighted by Crippen LogP contribution is 2.12. The molecule has 0 aromatic rings. The molecular formula is C22H37NO4. The maximum Gasteiger partial charge on any atom is 0.241 e. The van der Waals surface area contributed by atoms with Crippen LogP contribution in [0.25, 0.3) is 0 Å². The average Bonchev–Trinajstić information content (AvgIpc) is 2.64. The van der Waals surface area contributed by atoms with E-state index in [4.69, 9.17) is 0 Å². The van der Waals surface area contributed by atoms with Crippen LogP contribution < -0.4 is 0 Å². The molecule has 5 nitrogen and oxygen atoms in total. The molecule has 5 heteroatoms. The van der Waals surface area contributed by atoms with Crippen molar-refractivity contribution in [2.24, 2.45) is 0 Å². The van der Waals surface area contributed by atoms with Crippen LogP contribution in [-0.2, 0) is 4.79 Å². The Labute approximate surface area is 164 Å². The summed E-state index contributed by atoms with van der Waals surface area (Å²) in [5.74, 6) is 0. The zero-order valence-electron chi connectivity index (χ0n) is 16.8. The number of aliphatic hydroxyl groups is 1. The van der Waals surface area contributed by atoms with Crippen molar-refractivity contribution in [3.63, 3.8) is 0 Å². The number of nitro groups is 1. The van der Waals surface area contributed by atoms with Gasteiger partial charge in [0, 0.05) is 17.8 Å². The molecule has 0 bridgehead atoms. The van der Waals surface area contributed by atoms with Crippen molar-refractivity contribution in [3.05, 3.63) is 46.6 Å². The number of allylic oxidation sites excluding steroid dienone is 5. The average molecular weight is 380 g/mol. The number of nitrogens with zero attached hydrogens (tertiary/aromatic N) is 1. The zero-order valence-corrected chi connectivity index (χ0v) is 16.8. The Balaban J connectivity index is 3.88. The summed E-state index contributed by atoms with van der Waals surface area (Å²) in [6.07, 6.45) is 22.5. The first-order chi connectivity index (χ1) is 13.1. The van der Waals surface area contributed by atoms with Crippen molar-refractivity contribution in [1.29, 1.82) is 0 Å². The minimum atomic E-state index is -0.909. The number of carbonyl (C=O) groups is 1. The number of hydrogen-bond donors (Lipinski definition) is 1. The number of hydrogen-bond acceptors (Lipinski definition) is 4. The molecule has 0 saturated carbocycles. The van der Waals surface area contributed by atoms with E-state index in [9.17, 15) is 20.0 Å². The van der Waals surface area contributed by atoms with E-state index in [2.05, 4.69) is 13.0 Å². The topological polar surface area (TPSA) is 80.4 Å². The molecule has 0 aliphatic rings. The van der Waals surface area contributed by atoms with Gasteiger partial charge in [0.2, 0.25) is 6.04 Å². The molecule has 0 radical (unpaired) electrons. The van der Waals surface area contributed by atoms with E-state index in [1.165, 1.54) is 0 Å². The van der Waals surface area contributed by atoms with Crippen LogP contribution in [0.4, 0.5) is 0 Å². The van der Waals surface area contributed by atoms with Crippen molar-refractivity contribution in [2.45, 2.75) is 96.1 Å². The van der Waals surface area contributed by atoms with Crippen LogP contribution in [0.5, 0.6) is 0 Å². The molecule has 2 unspecified atom stereocenters. The van der Waals surface area contributed by atoms with Gasteiger partial charge in [0.25, 0.3) is 0 Å². The van der Waals surface area contributed by atoms with Crippen LogP contribution in [-0.4, -0.2) is 28.5 Å². The molecule has 0 aliphatic heterocycles. The van der Waals surface area contributed by atoms with Crippen molar-refractivity contribution in [3.8, 4) is 0 Å². The maximum atomic E-state index is 11.1. The van der Waals surface area contributed by atoms with Gasteiger partial charge in [-0.25, -0.2) is 0 Å². The van der Waals surface area contributed by atoms with Crippen molar-refractivity contribution < 1.29 is 14.8 Å². The number of aliphatic hydroxyl groups excluding tert-OH is 1. The van der Waals surface area contributed by atoms with Gasteiger partial charge >= 0.3 is 0 Å². The fourth-order valence-corrected chi connectivity index (χ4v) is 2.77. The predicted octanol–water partition coefficient (Wildman–Crippen LogP) is 5.56. The first-order valence-electron chi connectivity index (χ1n) is 10.3. The highest BCUT2D eigenvalue weighted by atomic mass is 16.6. The van der Waals surface area contributed by atoms with Crippen LogP contribution in [0.1, 0.15) is 84.0 Å². The first kappa shape index (κ1) is 25.2. The third-order valence-corrected chi connectivity index (χ3v) is 4.46. The van der Waals surface area contributed by atoms with E-state index < -0.39 is 12.1 Å². The summed E-state index contributed by atoms with van der Waals surface area (Å²) in [6.45, 7) is 2.07. The highest BCUT2D eigenvalue weighted by Gasteiger charge is 2.27. The molecule has 2 atom stereocenters. The third-order valence-electron chi connectivity index (χ3n) is 4.46. The van der Waals surface area contributed by atoms with Gasteiger partial charge in [-0.15, -0.1) is 0 Å². The summed E-state index contributed by atoms with van der Waals surface area (Å²) in [7, 11) is 0. The van der Waals surface area contributed by atoms with Crippen molar-refractivity contribution in [2.75, 3.05) is 0 Å². The van der Waals surface area contributed by atoms with E-state index in [1.54, 1.807) is 6.08 Å². The molecular weight excluding hydrogens is 342 g/mol. The molecule has 0 aliphatic carbocycles. The number of carbonyl (C=O) groups excluding carboxylic acids is 1. The molecule has 0 rings (SSSR count). The molecule has 0 spiro atoms. The van der Waals surface area contributed by atoms with Gasteiger partial charge in [0.1, 0.15) is 12.4 Å². The van der Waals surface area contributed by atoms with Crippen LogP contribution in [0.3, 0.4) is 0 Å². The van der Waals surface area contributed by atoms with Gasteiger partial charge in [0.05, 0.1) is 0 Å². The van der Waals surface area contributed by atoms with Gasteiger partial charge in [0.15, 0.2) is 0 Å². The summed E-state index contributed by atoms with van der Waals surface area (Å²) >= 11 is 0. The Morgan fingerprint density at radius 3 is 2.30 bits per heavy atom.